The number of nitrogens with one attached hydrogen (secondary N) is 1. The molecule has 1 aliphatic heterocycles. The number of ether oxygens (including phenoxy) is 1. The van der Waals surface area contributed by atoms with E-state index in [1.807, 2.05) is 0 Å². The molecule has 0 spiro atoms. The Bertz CT molecular complexity index is 417. The Hall–Kier alpha value is -1.13. The molecule has 2 rings (SSSR count). The lowest BCUT2D eigenvalue weighted by molar-refractivity contribution is 0.211. The summed E-state index contributed by atoms with van der Waals surface area (Å²) < 4.78 is 18.7. The zero-order valence-corrected chi connectivity index (χ0v) is 12.5. The van der Waals surface area contributed by atoms with E-state index < -0.39 is 0 Å². The predicted molar refractivity (Wildman–Crippen MR) is 79.5 cm³/mol. The Balaban J connectivity index is 1.68. The normalized spacial score (nSPS) is 17.4. The minimum absolute atomic E-state index is 0.198. The number of hydrogen-bond acceptors (Lipinski definition) is 3. The first-order valence-corrected chi connectivity index (χ1v) is 7.40. The van der Waals surface area contributed by atoms with Crippen molar-refractivity contribution in [2.45, 2.75) is 25.8 Å². The second kappa shape index (κ2) is 7.60. The van der Waals surface area contributed by atoms with Gasteiger partial charge in [-0.3, -0.25) is 0 Å². The van der Waals surface area contributed by atoms with E-state index in [0.29, 0.717) is 17.9 Å². The molecule has 0 aromatic heterocycles. The average molecular weight is 280 g/mol. The molecule has 0 bridgehead atoms. The van der Waals surface area contributed by atoms with Gasteiger partial charge in [-0.05, 0) is 57.9 Å². The van der Waals surface area contributed by atoms with Crippen LogP contribution in [-0.2, 0) is 6.54 Å². The number of hydrogen-bond donors (Lipinski definition) is 1. The minimum atomic E-state index is -0.198. The van der Waals surface area contributed by atoms with Gasteiger partial charge in [0.15, 0.2) is 0 Å². The van der Waals surface area contributed by atoms with Crippen LogP contribution in [0.1, 0.15) is 24.8 Å². The third kappa shape index (κ3) is 4.46. The molecule has 0 unspecified atom stereocenters. The van der Waals surface area contributed by atoms with Crippen LogP contribution in [-0.4, -0.2) is 38.7 Å². The van der Waals surface area contributed by atoms with Gasteiger partial charge < -0.3 is 15.0 Å². The van der Waals surface area contributed by atoms with Gasteiger partial charge in [0.1, 0.15) is 11.6 Å². The van der Waals surface area contributed by atoms with Crippen molar-refractivity contribution in [3.8, 4) is 5.75 Å². The zero-order valence-electron chi connectivity index (χ0n) is 12.5. The van der Waals surface area contributed by atoms with E-state index in [0.717, 1.165) is 12.5 Å². The molecule has 112 valence electrons. The number of methoxy groups -OCH3 is 1. The number of nitrogens with zero attached hydrogens (tertiary/aromatic N) is 1. The molecule has 1 heterocycles. The molecule has 20 heavy (non-hydrogen) atoms. The van der Waals surface area contributed by atoms with Crippen LogP contribution in [0.5, 0.6) is 5.75 Å². The van der Waals surface area contributed by atoms with Gasteiger partial charge in [-0.25, -0.2) is 4.39 Å². The van der Waals surface area contributed by atoms with Gasteiger partial charge >= 0.3 is 0 Å². The van der Waals surface area contributed by atoms with Gasteiger partial charge in [-0.2, -0.15) is 0 Å². The Morgan fingerprint density at radius 2 is 2.10 bits per heavy atom. The van der Waals surface area contributed by atoms with Gasteiger partial charge in [0.25, 0.3) is 0 Å². The van der Waals surface area contributed by atoms with Gasteiger partial charge in [0.05, 0.1) is 7.11 Å². The molecular formula is C16H25FN2O. The van der Waals surface area contributed by atoms with E-state index in [4.69, 9.17) is 4.74 Å². The largest absolute Gasteiger partial charge is 0.497 e. The highest BCUT2D eigenvalue weighted by Gasteiger charge is 2.15. The van der Waals surface area contributed by atoms with Crippen LogP contribution in [0.2, 0.25) is 0 Å². The Morgan fingerprint density at radius 1 is 1.35 bits per heavy atom. The lowest BCUT2D eigenvalue weighted by Gasteiger charge is -2.28. The maximum atomic E-state index is 13.7. The van der Waals surface area contributed by atoms with Crippen LogP contribution >= 0.6 is 0 Å². The fraction of sp³-hybridized carbons (Fsp3) is 0.625. The topological polar surface area (TPSA) is 24.5 Å². The molecule has 1 aromatic carbocycles. The van der Waals surface area contributed by atoms with Crippen molar-refractivity contribution >= 4 is 0 Å². The Kier molecular flexibility index (Phi) is 5.80. The smallest absolute Gasteiger partial charge is 0.131 e. The molecular weight excluding hydrogens is 255 g/mol. The van der Waals surface area contributed by atoms with Crippen LogP contribution in [0.4, 0.5) is 4.39 Å². The molecule has 1 saturated heterocycles. The summed E-state index contributed by atoms with van der Waals surface area (Å²) in [6.07, 6.45) is 3.76. The highest BCUT2D eigenvalue weighted by molar-refractivity contribution is 5.28. The number of piperidine rings is 1. The third-order valence-electron chi connectivity index (χ3n) is 4.14. The van der Waals surface area contributed by atoms with Crippen molar-refractivity contribution in [2.75, 3.05) is 33.8 Å². The van der Waals surface area contributed by atoms with Crippen LogP contribution in [0.3, 0.4) is 0 Å². The van der Waals surface area contributed by atoms with Crippen molar-refractivity contribution in [3.05, 3.63) is 29.6 Å². The summed E-state index contributed by atoms with van der Waals surface area (Å²) in [5.41, 5.74) is 0.703. The molecule has 1 fully saturated rings. The van der Waals surface area contributed by atoms with E-state index >= 15 is 0 Å². The summed E-state index contributed by atoms with van der Waals surface area (Å²) in [5, 5.41) is 3.34. The Morgan fingerprint density at radius 3 is 2.75 bits per heavy atom. The molecule has 4 heteroatoms. The van der Waals surface area contributed by atoms with Gasteiger partial charge in [-0.1, -0.05) is 6.07 Å². The van der Waals surface area contributed by atoms with Gasteiger partial charge in [0, 0.05) is 18.2 Å². The molecule has 3 nitrogen and oxygen atoms in total. The first-order valence-electron chi connectivity index (χ1n) is 7.40. The van der Waals surface area contributed by atoms with Crippen LogP contribution < -0.4 is 10.1 Å². The summed E-state index contributed by atoms with van der Waals surface area (Å²) in [6.45, 7) is 3.96. The highest BCUT2D eigenvalue weighted by Crippen LogP contribution is 2.19. The van der Waals surface area contributed by atoms with E-state index in [9.17, 15) is 4.39 Å². The van der Waals surface area contributed by atoms with Crippen molar-refractivity contribution in [3.63, 3.8) is 0 Å². The summed E-state index contributed by atoms with van der Waals surface area (Å²) in [4.78, 5) is 2.39. The van der Waals surface area contributed by atoms with E-state index in [2.05, 4.69) is 17.3 Å². The maximum Gasteiger partial charge on any atom is 0.131 e. The van der Waals surface area contributed by atoms with Crippen molar-refractivity contribution in [1.29, 1.82) is 0 Å². The molecule has 0 atom stereocenters. The van der Waals surface area contributed by atoms with Gasteiger partial charge in [0.2, 0.25) is 0 Å². The molecule has 1 aliphatic rings. The second-order valence-electron chi connectivity index (χ2n) is 5.67. The zero-order chi connectivity index (χ0) is 14.4. The predicted octanol–water partition coefficient (Wildman–Crippen LogP) is 2.66. The van der Waals surface area contributed by atoms with Gasteiger partial charge in [-0.15, -0.1) is 0 Å². The van der Waals surface area contributed by atoms with Crippen molar-refractivity contribution in [1.82, 2.24) is 10.2 Å². The quantitative estimate of drug-likeness (QED) is 0.811. The number of benzene rings is 1. The molecule has 0 saturated carbocycles. The first-order chi connectivity index (χ1) is 9.69. The maximum absolute atomic E-state index is 13.7. The highest BCUT2D eigenvalue weighted by atomic mass is 19.1. The second-order valence-corrected chi connectivity index (χ2v) is 5.67. The lowest BCUT2D eigenvalue weighted by Crippen LogP contribution is -2.31. The first kappa shape index (κ1) is 15.3. The van der Waals surface area contributed by atoms with E-state index in [1.54, 1.807) is 19.2 Å². The van der Waals surface area contributed by atoms with E-state index in [-0.39, 0.29) is 5.82 Å². The molecule has 0 radical (unpaired) electrons. The van der Waals surface area contributed by atoms with Crippen LogP contribution in [0, 0.1) is 11.7 Å². The third-order valence-corrected chi connectivity index (χ3v) is 4.14. The summed E-state index contributed by atoms with van der Waals surface area (Å²) in [5.74, 6) is 1.19. The molecule has 1 N–H and O–H groups in total. The van der Waals surface area contributed by atoms with E-state index in [1.165, 1.54) is 38.4 Å². The summed E-state index contributed by atoms with van der Waals surface area (Å²) >= 11 is 0. The molecule has 0 amide bonds. The fourth-order valence-electron chi connectivity index (χ4n) is 2.68. The number of rotatable bonds is 6. The number of halogens is 1. The average Bonchev–Trinajstić information content (AvgIpc) is 2.46. The summed E-state index contributed by atoms with van der Waals surface area (Å²) in [6, 6.07) is 5.03. The SMILES string of the molecule is COc1ccc(CNCCC2CCN(C)CC2)c(F)c1. The van der Waals surface area contributed by atoms with Crippen LogP contribution in [0.15, 0.2) is 18.2 Å². The number of likely N-dealkylation sites (tertiary alicyclic amines) is 1. The Labute approximate surface area is 121 Å². The monoisotopic (exact) mass is 280 g/mol. The standard InChI is InChI=1S/C16H25FN2O/c1-19-9-6-13(7-10-19)5-8-18-12-14-3-4-15(20-2)11-16(14)17/h3-4,11,13,18H,5-10,12H2,1-2H3. The minimum Gasteiger partial charge on any atom is -0.497 e. The van der Waals surface area contributed by atoms with Crippen molar-refractivity contribution < 1.29 is 9.13 Å². The van der Waals surface area contributed by atoms with Crippen molar-refractivity contribution in [2.24, 2.45) is 5.92 Å². The fourth-order valence-corrected chi connectivity index (χ4v) is 2.68. The molecule has 1 aromatic rings. The molecule has 0 aliphatic carbocycles. The summed E-state index contributed by atoms with van der Waals surface area (Å²) in [7, 11) is 3.73. The van der Waals surface area contributed by atoms with Crippen LogP contribution in [0.25, 0.3) is 0 Å². The lowest BCUT2D eigenvalue weighted by atomic mass is 9.94.